The van der Waals surface area contributed by atoms with Crippen molar-refractivity contribution < 1.29 is 9.53 Å². The highest BCUT2D eigenvalue weighted by Gasteiger charge is 2.51. The van der Waals surface area contributed by atoms with E-state index < -0.39 is 6.10 Å². The van der Waals surface area contributed by atoms with Crippen LogP contribution in [0.5, 0.6) is 5.75 Å². The Kier molecular flexibility index (Phi) is 4.02. The highest BCUT2D eigenvalue weighted by atomic mass is 16.5. The van der Waals surface area contributed by atoms with E-state index in [9.17, 15) is 4.79 Å². The second kappa shape index (κ2) is 6.28. The maximum atomic E-state index is 13.0. The van der Waals surface area contributed by atoms with Crippen LogP contribution in [0.4, 0.5) is 0 Å². The van der Waals surface area contributed by atoms with Gasteiger partial charge in [-0.1, -0.05) is 12.1 Å². The van der Waals surface area contributed by atoms with Gasteiger partial charge in [0.15, 0.2) is 6.10 Å². The maximum absolute atomic E-state index is 13.0. The minimum atomic E-state index is -0.420. The molecule has 1 aromatic carbocycles. The molecule has 0 aliphatic heterocycles. The lowest BCUT2D eigenvalue weighted by molar-refractivity contribution is -0.133. The van der Waals surface area contributed by atoms with Gasteiger partial charge in [-0.3, -0.25) is 4.79 Å². The molecule has 4 bridgehead atoms. The molecule has 0 aromatic heterocycles. The lowest BCUT2D eigenvalue weighted by Crippen LogP contribution is -2.61. The predicted octanol–water partition coefficient (Wildman–Crippen LogP) is 4.42. The van der Waals surface area contributed by atoms with Crippen LogP contribution in [-0.2, 0) is 17.6 Å². The summed E-state index contributed by atoms with van der Waals surface area (Å²) in [6.07, 6.45) is 12.1. The molecular formula is C23H31NO2. The highest BCUT2D eigenvalue weighted by Crippen LogP contribution is 2.55. The van der Waals surface area contributed by atoms with Crippen molar-refractivity contribution in [3.63, 3.8) is 0 Å². The minimum Gasteiger partial charge on any atom is -0.481 e. The molecule has 140 valence electrons. The normalized spacial score (nSPS) is 35.7. The standard InChI is InChI=1S/C23H31NO2/c1-15(26-21-8-4-6-19-5-2-3-7-20(19)21)22(25)24-23-12-16-9-17(13-23)11-18(10-16)14-23/h4,6,8,15-18H,2-3,5,7,9-14H2,1H3,(H,24,25)/t15-,16?,17?,18?,23?/m1/s1. The van der Waals surface area contributed by atoms with Gasteiger partial charge in [0.05, 0.1) is 0 Å². The van der Waals surface area contributed by atoms with Gasteiger partial charge in [-0.15, -0.1) is 0 Å². The molecule has 3 nitrogen and oxygen atoms in total. The predicted molar refractivity (Wildman–Crippen MR) is 102 cm³/mol. The van der Waals surface area contributed by atoms with Gasteiger partial charge in [0.2, 0.25) is 0 Å². The van der Waals surface area contributed by atoms with Gasteiger partial charge in [-0.05, 0) is 106 Å². The molecule has 0 heterocycles. The van der Waals surface area contributed by atoms with Crippen LogP contribution in [0.3, 0.4) is 0 Å². The number of rotatable bonds is 4. The first kappa shape index (κ1) is 16.6. The summed E-state index contributed by atoms with van der Waals surface area (Å²) in [4.78, 5) is 13.0. The lowest BCUT2D eigenvalue weighted by atomic mass is 9.53. The van der Waals surface area contributed by atoms with E-state index in [1.807, 2.05) is 13.0 Å². The molecule has 0 unspecified atom stereocenters. The fraction of sp³-hybridized carbons (Fsp3) is 0.696. The van der Waals surface area contributed by atoms with Crippen molar-refractivity contribution in [3.05, 3.63) is 29.3 Å². The lowest BCUT2D eigenvalue weighted by Gasteiger charge is -2.57. The van der Waals surface area contributed by atoms with Crippen LogP contribution in [-0.4, -0.2) is 17.6 Å². The van der Waals surface area contributed by atoms with E-state index in [1.165, 1.54) is 62.5 Å². The zero-order chi connectivity index (χ0) is 17.7. The Morgan fingerprint density at radius 2 is 1.73 bits per heavy atom. The molecule has 4 saturated carbocycles. The number of carbonyl (C=O) groups is 1. The van der Waals surface area contributed by atoms with Crippen molar-refractivity contribution in [2.24, 2.45) is 17.8 Å². The van der Waals surface area contributed by atoms with Crippen molar-refractivity contribution in [1.82, 2.24) is 5.32 Å². The number of aryl methyl sites for hydroxylation is 1. The van der Waals surface area contributed by atoms with Crippen LogP contribution in [0.25, 0.3) is 0 Å². The molecular weight excluding hydrogens is 322 g/mol. The molecule has 3 heteroatoms. The smallest absolute Gasteiger partial charge is 0.261 e. The number of benzene rings is 1. The first-order chi connectivity index (χ1) is 12.6. The average molecular weight is 354 g/mol. The molecule has 5 aliphatic carbocycles. The van der Waals surface area contributed by atoms with Crippen LogP contribution in [0.1, 0.15) is 69.4 Å². The Hall–Kier alpha value is -1.51. The number of nitrogens with one attached hydrogen (secondary N) is 1. The van der Waals surface area contributed by atoms with Gasteiger partial charge >= 0.3 is 0 Å². The topological polar surface area (TPSA) is 38.3 Å². The third-order valence-electron chi connectivity index (χ3n) is 7.45. The number of ether oxygens (including phenoxy) is 1. The van der Waals surface area contributed by atoms with Crippen LogP contribution in [0, 0.1) is 17.8 Å². The molecule has 5 aliphatic rings. The number of carbonyl (C=O) groups excluding carboxylic acids is 1. The summed E-state index contributed by atoms with van der Waals surface area (Å²) in [7, 11) is 0. The fourth-order valence-corrected chi connectivity index (χ4v) is 6.73. The SMILES string of the molecule is C[C@@H](Oc1cccc2c1CCCC2)C(=O)NC12CC3CC(CC(C3)C1)C2. The van der Waals surface area contributed by atoms with E-state index in [1.54, 1.807) is 0 Å². The molecule has 6 rings (SSSR count). The average Bonchev–Trinajstić information content (AvgIpc) is 2.60. The van der Waals surface area contributed by atoms with Gasteiger partial charge in [0.25, 0.3) is 5.91 Å². The molecule has 0 saturated heterocycles. The highest BCUT2D eigenvalue weighted by molar-refractivity contribution is 5.81. The van der Waals surface area contributed by atoms with Gasteiger partial charge in [-0.2, -0.15) is 0 Å². The largest absolute Gasteiger partial charge is 0.481 e. The number of hydrogen-bond donors (Lipinski definition) is 1. The summed E-state index contributed by atoms with van der Waals surface area (Å²) in [5.41, 5.74) is 2.80. The van der Waals surface area contributed by atoms with Crippen molar-refractivity contribution in [2.75, 3.05) is 0 Å². The Bertz CT molecular complexity index is 675. The molecule has 1 amide bonds. The molecule has 1 N–H and O–H groups in total. The number of fused-ring (bicyclic) bond motifs is 1. The van der Waals surface area contributed by atoms with Crippen molar-refractivity contribution >= 4 is 5.91 Å². The quantitative estimate of drug-likeness (QED) is 0.870. The second-order valence-corrected chi connectivity index (χ2v) is 9.55. The molecule has 0 spiro atoms. The summed E-state index contributed by atoms with van der Waals surface area (Å²) in [6, 6.07) is 6.32. The monoisotopic (exact) mass is 353 g/mol. The Balaban J connectivity index is 1.28. The van der Waals surface area contributed by atoms with E-state index in [2.05, 4.69) is 17.4 Å². The second-order valence-electron chi connectivity index (χ2n) is 9.55. The number of amides is 1. The van der Waals surface area contributed by atoms with Crippen molar-refractivity contribution in [3.8, 4) is 5.75 Å². The summed E-state index contributed by atoms with van der Waals surface area (Å²) in [5.74, 6) is 3.55. The Morgan fingerprint density at radius 3 is 2.42 bits per heavy atom. The van der Waals surface area contributed by atoms with E-state index >= 15 is 0 Å². The molecule has 0 radical (unpaired) electrons. The van der Waals surface area contributed by atoms with Crippen LogP contribution >= 0.6 is 0 Å². The van der Waals surface area contributed by atoms with E-state index in [0.717, 1.165) is 36.3 Å². The Morgan fingerprint density at radius 1 is 1.08 bits per heavy atom. The Labute approximate surface area is 156 Å². The van der Waals surface area contributed by atoms with E-state index in [0.29, 0.717) is 0 Å². The van der Waals surface area contributed by atoms with Gasteiger partial charge in [0, 0.05) is 5.54 Å². The fourth-order valence-electron chi connectivity index (χ4n) is 6.73. The van der Waals surface area contributed by atoms with E-state index in [-0.39, 0.29) is 11.4 Å². The third kappa shape index (κ3) is 2.93. The van der Waals surface area contributed by atoms with Crippen LogP contribution in [0.2, 0.25) is 0 Å². The molecule has 4 fully saturated rings. The van der Waals surface area contributed by atoms with Crippen LogP contribution < -0.4 is 10.1 Å². The molecule has 1 atom stereocenters. The zero-order valence-electron chi connectivity index (χ0n) is 15.9. The molecule has 1 aromatic rings. The van der Waals surface area contributed by atoms with Crippen LogP contribution in [0.15, 0.2) is 18.2 Å². The summed E-state index contributed by atoms with van der Waals surface area (Å²) < 4.78 is 6.18. The van der Waals surface area contributed by atoms with E-state index in [4.69, 9.17) is 4.74 Å². The van der Waals surface area contributed by atoms with Gasteiger partial charge in [-0.25, -0.2) is 0 Å². The zero-order valence-corrected chi connectivity index (χ0v) is 15.9. The summed E-state index contributed by atoms with van der Waals surface area (Å²) in [5, 5.41) is 3.46. The maximum Gasteiger partial charge on any atom is 0.261 e. The van der Waals surface area contributed by atoms with Crippen molar-refractivity contribution in [1.29, 1.82) is 0 Å². The van der Waals surface area contributed by atoms with Gasteiger partial charge in [0.1, 0.15) is 5.75 Å². The summed E-state index contributed by atoms with van der Waals surface area (Å²) >= 11 is 0. The summed E-state index contributed by atoms with van der Waals surface area (Å²) in [6.45, 7) is 1.91. The van der Waals surface area contributed by atoms with Crippen molar-refractivity contribution in [2.45, 2.75) is 82.8 Å². The number of hydrogen-bond acceptors (Lipinski definition) is 2. The van der Waals surface area contributed by atoms with Gasteiger partial charge < -0.3 is 10.1 Å². The first-order valence-electron chi connectivity index (χ1n) is 10.7. The molecule has 26 heavy (non-hydrogen) atoms. The third-order valence-corrected chi connectivity index (χ3v) is 7.45. The first-order valence-corrected chi connectivity index (χ1v) is 10.7. The minimum absolute atomic E-state index is 0.0690.